The molecule has 1 heterocycles. The number of fused-ring (bicyclic) bond motifs is 1. The van der Waals surface area contributed by atoms with Crippen molar-refractivity contribution in [1.82, 2.24) is 9.78 Å². The van der Waals surface area contributed by atoms with E-state index in [9.17, 15) is 18.4 Å². The van der Waals surface area contributed by atoms with Crippen LogP contribution in [0.25, 0.3) is 10.8 Å². The zero-order valence-electron chi connectivity index (χ0n) is 15.9. The summed E-state index contributed by atoms with van der Waals surface area (Å²) in [6.07, 6.45) is 2.71. The fourth-order valence-electron chi connectivity index (χ4n) is 3.02. The summed E-state index contributed by atoms with van der Waals surface area (Å²) in [7, 11) is 0. The van der Waals surface area contributed by atoms with Gasteiger partial charge in [-0.05, 0) is 24.6 Å². The predicted molar refractivity (Wildman–Crippen MR) is 112 cm³/mol. The molecular weight excluding hydrogens is 396 g/mol. The Kier molecular flexibility index (Phi) is 6.98. The molecule has 0 atom stereocenters. The first-order chi connectivity index (χ1) is 14.0. The summed E-state index contributed by atoms with van der Waals surface area (Å²) in [6, 6.07) is 13.1. The highest BCUT2D eigenvalue weighted by Gasteiger charge is 2.18. The minimum Gasteiger partial charge on any atom is -0.320 e. The summed E-state index contributed by atoms with van der Waals surface area (Å²) in [5, 5.41) is 7.80. The van der Waals surface area contributed by atoms with Gasteiger partial charge in [-0.1, -0.05) is 61.9 Å². The van der Waals surface area contributed by atoms with Crippen molar-refractivity contribution in [2.24, 2.45) is 0 Å². The largest absolute Gasteiger partial charge is 0.320 e. The van der Waals surface area contributed by atoms with Crippen molar-refractivity contribution in [3.63, 3.8) is 0 Å². The van der Waals surface area contributed by atoms with Gasteiger partial charge < -0.3 is 5.32 Å². The van der Waals surface area contributed by atoms with E-state index in [1.54, 1.807) is 42.5 Å². The first-order valence-electron chi connectivity index (χ1n) is 9.36. The lowest BCUT2D eigenvalue weighted by Crippen LogP contribution is -2.27. The Labute approximate surface area is 171 Å². The molecule has 0 radical (unpaired) electrons. The summed E-state index contributed by atoms with van der Waals surface area (Å²) in [4.78, 5) is 25.9. The SMILES string of the molecule is CCCCCn1nc(C(=O)Nc2ccccc2SC(F)F)c2ccccc2c1=O. The molecule has 0 aliphatic carbocycles. The zero-order valence-corrected chi connectivity index (χ0v) is 16.7. The standard InChI is InChI=1S/C21H21F2N3O2S/c1-2-3-8-13-26-20(28)15-10-5-4-9-14(15)18(25-26)19(27)24-16-11-6-7-12-17(16)29-21(22)23/h4-7,9-12,21H,2-3,8,13H2,1H3,(H,24,27). The minimum atomic E-state index is -2.60. The first kappa shape index (κ1) is 21.0. The molecule has 1 amide bonds. The van der Waals surface area contributed by atoms with Crippen LogP contribution in [0, 0.1) is 0 Å². The number of benzene rings is 2. The van der Waals surface area contributed by atoms with Crippen LogP contribution in [0.1, 0.15) is 36.7 Å². The highest BCUT2D eigenvalue weighted by atomic mass is 32.2. The van der Waals surface area contributed by atoms with E-state index >= 15 is 0 Å². The van der Waals surface area contributed by atoms with Gasteiger partial charge >= 0.3 is 0 Å². The van der Waals surface area contributed by atoms with Crippen LogP contribution in [0.4, 0.5) is 14.5 Å². The maximum atomic E-state index is 13.0. The molecule has 1 N–H and O–H groups in total. The molecule has 1 aromatic heterocycles. The number of hydrogen-bond acceptors (Lipinski definition) is 4. The molecule has 0 bridgehead atoms. The average molecular weight is 417 g/mol. The summed E-state index contributed by atoms with van der Waals surface area (Å²) in [5.41, 5.74) is 0.118. The Balaban J connectivity index is 1.99. The molecular formula is C21H21F2N3O2S. The van der Waals surface area contributed by atoms with Crippen LogP contribution in [-0.2, 0) is 6.54 Å². The minimum absolute atomic E-state index is 0.0912. The Bertz CT molecular complexity index is 1070. The maximum absolute atomic E-state index is 13.0. The van der Waals surface area contributed by atoms with Gasteiger partial charge in [0.15, 0.2) is 5.69 Å². The van der Waals surface area contributed by atoms with E-state index in [1.807, 2.05) is 0 Å². The van der Waals surface area contributed by atoms with Gasteiger partial charge in [-0.3, -0.25) is 9.59 Å². The number of halogens is 2. The molecule has 2 aromatic carbocycles. The topological polar surface area (TPSA) is 64.0 Å². The summed E-state index contributed by atoms with van der Waals surface area (Å²) >= 11 is 0.361. The molecule has 0 saturated heterocycles. The molecule has 0 saturated carbocycles. The van der Waals surface area contributed by atoms with E-state index in [0.717, 1.165) is 19.3 Å². The monoisotopic (exact) mass is 417 g/mol. The second kappa shape index (κ2) is 9.65. The lowest BCUT2D eigenvalue weighted by molar-refractivity contribution is 0.102. The Morgan fingerprint density at radius 1 is 1.10 bits per heavy atom. The number of aryl methyl sites for hydroxylation is 1. The maximum Gasteiger partial charge on any atom is 0.288 e. The van der Waals surface area contributed by atoms with Gasteiger partial charge in [0.05, 0.1) is 11.1 Å². The molecule has 0 aliphatic rings. The van der Waals surface area contributed by atoms with Crippen molar-refractivity contribution in [2.75, 3.05) is 5.32 Å². The number of unbranched alkanes of at least 4 members (excludes halogenated alkanes) is 2. The number of nitrogens with one attached hydrogen (secondary N) is 1. The third-order valence-corrected chi connectivity index (χ3v) is 5.20. The van der Waals surface area contributed by atoms with Crippen molar-refractivity contribution in [2.45, 2.75) is 43.4 Å². The van der Waals surface area contributed by atoms with E-state index in [1.165, 1.54) is 10.7 Å². The van der Waals surface area contributed by atoms with Gasteiger partial charge in [0, 0.05) is 16.8 Å². The number of anilines is 1. The Hall–Kier alpha value is -2.74. The van der Waals surface area contributed by atoms with Gasteiger partial charge in [0.1, 0.15) is 0 Å². The Morgan fingerprint density at radius 3 is 2.52 bits per heavy atom. The molecule has 152 valence electrons. The lowest BCUT2D eigenvalue weighted by atomic mass is 10.1. The smallest absolute Gasteiger partial charge is 0.288 e. The number of alkyl halides is 2. The lowest BCUT2D eigenvalue weighted by Gasteiger charge is -2.13. The third kappa shape index (κ3) is 5.00. The number of amides is 1. The number of para-hydroxylation sites is 1. The van der Waals surface area contributed by atoms with Gasteiger partial charge in [-0.25, -0.2) is 4.68 Å². The number of carbonyl (C=O) groups is 1. The van der Waals surface area contributed by atoms with E-state index in [0.29, 0.717) is 29.1 Å². The zero-order chi connectivity index (χ0) is 20.8. The molecule has 8 heteroatoms. The van der Waals surface area contributed by atoms with Crippen LogP contribution in [0.3, 0.4) is 0 Å². The quantitative estimate of drug-likeness (QED) is 0.406. The Morgan fingerprint density at radius 2 is 1.79 bits per heavy atom. The molecule has 29 heavy (non-hydrogen) atoms. The molecule has 3 rings (SSSR count). The third-order valence-electron chi connectivity index (χ3n) is 4.41. The van der Waals surface area contributed by atoms with Crippen molar-refractivity contribution in [3.8, 4) is 0 Å². The fraction of sp³-hybridized carbons (Fsp3) is 0.286. The van der Waals surface area contributed by atoms with Gasteiger partial charge in [0.25, 0.3) is 17.2 Å². The molecule has 0 spiro atoms. The molecule has 0 unspecified atom stereocenters. The van der Waals surface area contributed by atoms with E-state index in [2.05, 4.69) is 17.3 Å². The normalized spacial score (nSPS) is 11.2. The van der Waals surface area contributed by atoms with Crippen molar-refractivity contribution in [3.05, 3.63) is 64.6 Å². The number of hydrogen-bond donors (Lipinski definition) is 1. The van der Waals surface area contributed by atoms with Crippen LogP contribution >= 0.6 is 11.8 Å². The van der Waals surface area contributed by atoms with Crippen LogP contribution in [0.15, 0.2) is 58.2 Å². The van der Waals surface area contributed by atoms with E-state index in [-0.39, 0.29) is 21.8 Å². The van der Waals surface area contributed by atoms with Gasteiger partial charge in [-0.2, -0.15) is 13.9 Å². The van der Waals surface area contributed by atoms with Crippen LogP contribution in [0.5, 0.6) is 0 Å². The number of thioether (sulfide) groups is 1. The highest BCUT2D eigenvalue weighted by Crippen LogP contribution is 2.32. The van der Waals surface area contributed by atoms with Crippen LogP contribution < -0.4 is 10.9 Å². The predicted octanol–water partition coefficient (Wildman–Crippen LogP) is 5.15. The van der Waals surface area contributed by atoms with Gasteiger partial charge in [0.2, 0.25) is 0 Å². The van der Waals surface area contributed by atoms with E-state index < -0.39 is 11.7 Å². The second-order valence-electron chi connectivity index (χ2n) is 6.46. The summed E-state index contributed by atoms with van der Waals surface area (Å²) in [6.45, 7) is 2.47. The summed E-state index contributed by atoms with van der Waals surface area (Å²) < 4.78 is 26.9. The van der Waals surface area contributed by atoms with Crippen LogP contribution in [-0.4, -0.2) is 21.4 Å². The number of carbonyl (C=O) groups excluding carboxylic acids is 1. The first-order valence-corrected chi connectivity index (χ1v) is 10.2. The molecule has 3 aromatic rings. The molecule has 0 fully saturated rings. The number of nitrogens with zero attached hydrogens (tertiary/aromatic N) is 2. The van der Waals surface area contributed by atoms with Crippen molar-refractivity contribution < 1.29 is 13.6 Å². The molecule has 0 aliphatic heterocycles. The second-order valence-corrected chi connectivity index (χ2v) is 7.49. The number of rotatable bonds is 8. The fourth-order valence-corrected chi connectivity index (χ4v) is 3.61. The highest BCUT2D eigenvalue weighted by molar-refractivity contribution is 7.99. The van der Waals surface area contributed by atoms with Crippen molar-refractivity contribution >= 4 is 34.1 Å². The van der Waals surface area contributed by atoms with E-state index in [4.69, 9.17) is 0 Å². The van der Waals surface area contributed by atoms with Crippen molar-refractivity contribution in [1.29, 1.82) is 0 Å². The summed E-state index contributed by atoms with van der Waals surface area (Å²) in [5.74, 6) is -3.15. The van der Waals surface area contributed by atoms with Gasteiger partial charge in [-0.15, -0.1) is 0 Å². The molecule has 5 nitrogen and oxygen atoms in total. The number of aromatic nitrogens is 2. The van der Waals surface area contributed by atoms with Crippen LogP contribution in [0.2, 0.25) is 0 Å². The average Bonchev–Trinajstić information content (AvgIpc) is 2.71.